The summed E-state index contributed by atoms with van der Waals surface area (Å²) in [5, 5.41) is 8.64. The third-order valence-corrected chi connectivity index (χ3v) is 2.58. The van der Waals surface area contributed by atoms with Gasteiger partial charge in [0.25, 0.3) is 0 Å². The molecule has 0 amide bonds. The van der Waals surface area contributed by atoms with E-state index >= 15 is 0 Å². The summed E-state index contributed by atoms with van der Waals surface area (Å²) < 4.78 is 0. The van der Waals surface area contributed by atoms with Crippen LogP contribution in [0.25, 0.3) is 10.9 Å². The van der Waals surface area contributed by atoms with Crippen LogP contribution >= 0.6 is 12.2 Å². The van der Waals surface area contributed by atoms with Crippen molar-refractivity contribution in [1.82, 2.24) is 15.7 Å². The second-order valence-corrected chi connectivity index (χ2v) is 4.09. The molecule has 0 aliphatic rings. The molecule has 0 bridgehead atoms. The second kappa shape index (κ2) is 6.07. The lowest BCUT2D eigenvalue weighted by molar-refractivity contribution is 0.904. The van der Waals surface area contributed by atoms with Gasteiger partial charge in [-0.05, 0) is 42.9 Å². The van der Waals surface area contributed by atoms with E-state index in [0.717, 1.165) is 23.0 Å². The van der Waals surface area contributed by atoms with Gasteiger partial charge < -0.3 is 5.32 Å². The van der Waals surface area contributed by atoms with E-state index in [0.29, 0.717) is 5.11 Å². The summed E-state index contributed by atoms with van der Waals surface area (Å²) in [6.45, 7) is 2.76. The Labute approximate surface area is 111 Å². The van der Waals surface area contributed by atoms with Crippen LogP contribution in [0.2, 0.25) is 0 Å². The van der Waals surface area contributed by atoms with Gasteiger partial charge in [0.05, 0.1) is 11.7 Å². The molecular formula is C13H14N4S. The predicted molar refractivity (Wildman–Crippen MR) is 78.7 cm³/mol. The number of nitrogens with zero attached hydrogens (tertiary/aromatic N) is 2. The Balaban J connectivity index is 2.07. The molecule has 0 unspecified atom stereocenters. The minimum atomic E-state index is 0.524. The van der Waals surface area contributed by atoms with Crippen LogP contribution in [0.15, 0.2) is 41.6 Å². The van der Waals surface area contributed by atoms with Gasteiger partial charge in [-0.1, -0.05) is 12.1 Å². The lowest BCUT2D eigenvalue weighted by Crippen LogP contribution is -2.31. The van der Waals surface area contributed by atoms with Crippen molar-refractivity contribution in [2.24, 2.45) is 5.10 Å². The Hall–Kier alpha value is -2.01. The SMILES string of the molecule is CCNC(=S)NN=Cc1ccc2ncccc2c1. The van der Waals surface area contributed by atoms with Gasteiger partial charge in [0.15, 0.2) is 5.11 Å². The molecule has 1 aromatic carbocycles. The molecule has 2 N–H and O–H groups in total. The summed E-state index contributed by atoms with van der Waals surface area (Å²) in [5.74, 6) is 0. The van der Waals surface area contributed by atoms with E-state index in [1.54, 1.807) is 12.4 Å². The number of pyridine rings is 1. The summed E-state index contributed by atoms with van der Waals surface area (Å²) in [6.07, 6.45) is 3.52. The highest BCUT2D eigenvalue weighted by atomic mass is 32.1. The molecule has 0 fully saturated rings. The van der Waals surface area contributed by atoms with E-state index in [4.69, 9.17) is 12.2 Å². The van der Waals surface area contributed by atoms with E-state index in [2.05, 4.69) is 20.8 Å². The molecule has 2 rings (SSSR count). The van der Waals surface area contributed by atoms with E-state index in [1.165, 1.54) is 0 Å². The Morgan fingerprint density at radius 3 is 3.17 bits per heavy atom. The number of nitrogens with one attached hydrogen (secondary N) is 2. The van der Waals surface area contributed by atoms with Gasteiger partial charge in [-0.3, -0.25) is 10.4 Å². The van der Waals surface area contributed by atoms with Gasteiger partial charge in [0, 0.05) is 18.1 Å². The highest BCUT2D eigenvalue weighted by Gasteiger charge is 1.94. The van der Waals surface area contributed by atoms with Gasteiger partial charge in [0.1, 0.15) is 0 Å². The van der Waals surface area contributed by atoms with Crippen molar-refractivity contribution >= 4 is 34.4 Å². The molecule has 0 saturated heterocycles. The largest absolute Gasteiger partial charge is 0.362 e. The Morgan fingerprint density at radius 1 is 1.44 bits per heavy atom. The van der Waals surface area contributed by atoms with Crippen molar-refractivity contribution in [3.63, 3.8) is 0 Å². The van der Waals surface area contributed by atoms with E-state index in [9.17, 15) is 0 Å². The molecule has 18 heavy (non-hydrogen) atoms. The Kier molecular flexibility index (Phi) is 4.20. The topological polar surface area (TPSA) is 49.3 Å². The van der Waals surface area contributed by atoms with Crippen molar-refractivity contribution in [1.29, 1.82) is 0 Å². The van der Waals surface area contributed by atoms with Crippen molar-refractivity contribution in [3.8, 4) is 0 Å². The summed E-state index contributed by atoms with van der Waals surface area (Å²) in [7, 11) is 0. The lowest BCUT2D eigenvalue weighted by Gasteiger charge is -2.02. The zero-order chi connectivity index (χ0) is 12.8. The van der Waals surface area contributed by atoms with Gasteiger partial charge in [0.2, 0.25) is 0 Å². The maximum atomic E-state index is 5.00. The Morgan fingerprint density at radius 2 is 2.33 bits per heavy atom. The number of benzene rings is 1. The number of fused-ring (bicyclic) bond motifs is 1. The molecule has 0 aliphatic heterocycles. The maximum Gasteiger partial charge on any atom is 0.186 e. The van der Waals surface area contributed by atoms with E-state index < -0.39 is 0 Å². The van der Waals surface area contributed by atoms with Crippen LogP contribution in [-0.4, -0.2) is 22.9 Å². The number of rotatable bonds is 3. The Bertz CT molecular complexity index is 580. The van der Waals surface area contributed by atoms with Crippen LogP contribution < -0.4 is 10.7 Å². The molecule has 4 nitrogen and oxygen atoms in total. The molecule has 5 heteroatoms. The standard InChI is InChI=1S/C13H14N4S/c1-2-14-13(18)17-16-9-10-5-6-12-11(8-10)4-3-7-15-12/h3-9H,2H2,1H3,(H2,14,17,18). The number of hydrogen-bond acceptors (Lipinski definition) is 3. The average molecular weight is 258 g/mol. The van der Waals surface area contributed by atoms with Crippen molar-refractivity contribution < 1.29 is 0 Å². The summed E-state index contributed by atoms with van der Waals surface area (Å²) in [5.41, 5.74) is 4.73. The molecule has 0 atom stereocenters. The first kappa shape index (κ1) is 12.4. The molecule has 1 heterocycles. The fourth-order valence-electron chi connectivity index (χ4n) is 1.54. The number of hydrogen-bond donors (Lipinski definition) is 2. The molecule has 92 valence electrons. The monoisotopic (exact) mass is 258 g/mol. The zero-order valence-electron chi connectivity index (χ0n) is 10.1. The van der Waals surface area contributed by atoms with Crippen LogP contribution in [0.3, 0.4) is 0 Å². The normalized spacial score (nSPS) is 10.7. The van der Waals surface area contributed by atoms with Crippen molar-refractivity contribution in [2.45, 2.75) is 6.92 Å². The second-order valence-electron chi connectivity index (χ2n) is 3.68. The fraction of sp³-hybridized carbons (Fsp3) is 0.154. The minimum absolute atomic E-state index is 0.524. The quantitative estimate of drug-likeness (QED) is 0.502. The molecular weight excluding hydrogens is 244 g/mol. The molecule has 0 spiro atoms. The average Bonchev–Trinajstić information content (AvgIpc) is 2.39. The summed E-state index contributed by atoms with van der Waals surface area (Å²) in [6, 6.07) is 9.91. The first-order valence-electron chi connectivity index (χ1n) is 5.71. The number of aromatic nitrogens is 1. The first-order valence-corrected chi connectivity index (χ1v) is 6.12. The van der Waals surface area contributed by atoms with Crippen LogP contribution in [0.1, 0.15) is 12.5 Å². The van der Waals surface area contributed by atoms with Gasteiger partial charge in [-0.2, -0.15) is 5.10 Å². The van der Waals surface area contributed by atoms with E-state index in [1.807, 2.05) is 37.3 Å². The van der Waals surface area contributed by atoms with Crippen LogP contribution in [0.5, 0.6) is 0 Å². The minimum Gasteiger partial charge on any atom is -0.362 e. The third-order valence-electron chi connectivity index (χ3n) is 2.34. The first-order chi connectivity index (χ1) is 8.79. The molecule has 0 aliphatic carbocycles. The molecule has 0 radical (unpaired) electrons. The smallest absolute Gasteiger partial charge is 0.186 e. The maximum absolute atomic E-state index is 5.00. The van der Waals surface area contributed by atoms with Gasteiger partial charge in [-0.15, -0.1) is 0 Å². The lowest BCUT2D eigenvalue weighted by atomic mass is 10.1. The third kappa shape index (κ3) is 3.24. The predicted octanol–water partition coefficient (Wildman–Crippen LogP) is 2.05. The number of hydrazone groups is 1. The van der Waals surface area contributed by atoms with Gasteiger partial charge >= 0.3 is 0 Å². The van der Waals surface area contributed by atoms with Crippen LogP contribution in [0, 0.1) is 0 Å². The molecule has 0 saturated carbocycles. The highest BCUT2D eigenvalue weighted by molar-refractivity contribution is 7.80. The fourth-order valence-corrected chi connectivity index (χ4v) is 1.74. The summed E-state index contributed by atoms with van der Waals surface area (Å²) in [4.78, 5) is 4.26. The van der Waals surface area contributed by atoms with Crippen LogP contribution in [0.4, 0.5) is 0 Å². The molecule has 1 aromatic heterocycles. The summed E-state index contributed by atoms with van der Waals surface area (Å²) >= 11 is 5.00. The number of thiocarbonyl (C=S) groups is 1. The van der Waals surface area contributed by atoms with Crippen molar-refractivity contribution in [2.75, 3.05) is 6.54 Å². The van der Waals surface area contributed by atoms with Crippen molar-refractivity contribution in [3.05, 3.63) is 42.1 Å². The highest BCUT2D eigenvalue weighted by Crippen LogP contribution is 2.11. The van der Waals surface area contributed by atoms with Crippen LogP contribution in [-0.2, 0) is 0 Å². The van der Waals surface area contributed by atoms with Gasteiger partial charge in [-0.25, -0.2) is 0 Å². The molecule has 2 aromatic rings. The van der Waals surface area contributed by atoms with E-state index in [-0.39, 0.29) is 0 Å². The zero-order valence-corrected chi connectivity index (χ0v) is 10.9.